The Morgan fingerprint density at radius 1 is 1.33 bits per heavy atom. The van der Waals surface area contributed by atoms with Gasteiger partial charge in [-0.25, -0.2) is 0 Å². The summed E-state index contributed by atoms with van der Waals surface area (Å²) in [6, 6.07) is 4.01. The first kappa shape index (κ1) is 19.2. The van der Waals surface area contributed by atoms with E-state index in [2.05, 4.69) is 38.2 Å². The van der Waals surface area contributed by atoms with E-state index in [9.17, 15) is 4.79 Å². The third kappa shape index (κ3) is 5.72. The van der Waals surface area contributed by atoms with Crippen molar-refractivity contribution in [1.29, 1.82) is 0 Å². The van der Waals surface area contributed by atoms with Crippen LogP contribution < -0.4 is 16.2 Å². The van der Waals surface area contributed by atoms with Gasteiger partial charge in [0.1, 0.15) is 0 Å². The highest BCUT2D eigenvalue weighted by molar-refractivity contribution is 7.80. The van der Waals surface area contributed by atoms with Crippen LogP contribution in [-0.4, -0.2) is 32.2 Å². The molecule has 0 spiro atoms. The largest absolute Gasteiger partial charge is 0.358 e. The van der Waals surface area contributed by atoms with Crippen molar-refractivity contribution in [2.45, 2.75) is 51.5 Å². The fraction of sp³-hybridized carbons (Fsp3) is 0.500. The monoisotopic (exact) mass is 388 g/mol. The zero-order chi connectivity index (χ0) is 19.1. The van der Waals surface area contributed by atoms with Crippen molar-refractivity contribution in [2.24, 2.45) is 5.92 Å². The van der Waals surface area contributed by atoms with Crippen LogP contribution in [0.25, 0.3) is 11.4 Å². The van der Waals surface area contributed by atoms with E-state index in [1.165, 1.54) is 19.3 Å². The van der Waals surface area contributed by atoms with E-state index < -0.39 is 0 Å². The number of hydrogen-bond donors (Lipinski definition) is 3. The lowest BCUT2D eigenvalue weighted by Gasteiger charge is -2.30. The predicted octanol–water partition coefficient (Wildman–Crippen LogP) is 2.14. The van der Waals surface area contributed by atoms with Crippen LogP contribution in [0.4, 0.5) is 0 Å². The first-order valence-electron chi connectivity index (χ1n) is 9.20. The summed E-state index contributed by atoms with van der Waals surface area (Å²) in [6.45, 7) is 2.22. The Morgan fingerprint density at radius 3 is 2.96 bits per heavy atom. The Hall–Kier alpha value is -2.55. The van der Waals surface area contributed by atoms with Crippen LogP contribution in [0.15, 0.2) is 29.0 Å². The van der Waals surface area contributed by atoms with Crippen LogP contribution in [0.3, 0.4) is 0 Å². The van der Waals surface area contributed by atoms with Crippen LogP contribution in [0.5, 0.6) is 0 Å². The molecule has 144 valence electrons. The molecule has 9 heteroatoms. The number of aromatic nitrogens is 3. The van der Waals surface area contributed by atoms with Gasteiger partial charge in [-0.1, -0.05) is 24.9 Å². The lowest BCUT2D eigenvalue weighted by molar-refractivity contribution is -0.121. The summed E-state index contributed by atoms with van der Waals surface area (Å²) in [5, 5.41) is 7.63. The van der Waals surface area contributed by atoms with E-state index in [-0.39, 0.29) is 12.3 Å². The molecule has 0 saturated heterocycles. The number of hydrazine groups is 1. The summed E-state index contributed by atoms with van der Waals surface area (Å²) in [7, 11) is 0. The second-order valence-corrected chi connectivity index (χ2v) is 7.18. The molecule has 1 amide bonds. The van der Waals surface area contributed by atoms with Crippen molar-refractivity contribution in [3.8, 4) is 11.4 Å². The molecule has 2 atom stereocenters. The van der Waals surface area contributed by atoms with Gasteiger partial charge in [0.25, 0.3) is 0 Å². The topological polar surface area (TPSA) is 105 Å². The number of thiocarbonyl (C=S) groups is 1. The Morgan fingerprint density at radius 2 is 2.19 bits per heavy atom. The minimum atomic E-state index is -0.197. The molecule has 2 aromatic rings. The number of carbonyl (C=O) groups excluding carboxylic acids is 1. The first-order valence-corrected chi connectivity index (χ1v) is 9.61. The van der Waals surface area contributed by atoms with Crippen LogP contribution in [0.1, 0.15) is 44.9 Å². The van der Waals surface area contributed by atoms with E-state index >= 15 is 0 Å². The summed E-state index contributed by atoms with van der Waals surface area (Å²) in [6.07, 6.45) is 8.69. The highest BCUT2D eigenvalue weighted by Gasteiger charge is 2.21. The average molecular weight is 388 g/mol. The lowest BCUT2D eigenvalue weighted by Crippen LogP contribution is -2.51. The molecule has 2 heterocycles. The minimum absolute atomic E-state index is 0.197. The maximum Gasteiger partial charge on any atom is 0.238 e. The minimum Gasteiger partial charge on any atom is -0.358 e. The maximum atomic E-state index is 12.0. The number of pyridine rings is 1. The number of carbonyl (C=O) groups is 1. The molecule has 0 aromatic carbocycles. The van der Waals surface area contributed by atoms with E-state index in [4.69, 9.17) is 16.7 Å². The molecule has 1 aliphatic carbocycles. The quantitative estimate of drug-likeness (QED) is 0.529. The van der Waals surface area contributed by atoms with Crippen molar-refractivity contribution >= 4 is 23.2 Å². The summed E-state index contributed by atoms with van der Waals surface area (Å²) in [4.78, 5) is 20.3. The van der Waals surface area contributed by atoms with Crippen molar-refractivity contribution in [1.82, 2.24) is 31.3 Å². The molecule has 1 saturated carbocycles. The van der Waals surface area contributed by atoms with E-state index in [0.717, 1.165) is 12.0 Å². The van der Waals surface area contributed by atoms with E-state index in [1.54, 1.807) is 18.5 Å². The Bertz CT molecular complexity index is 766. The van der Waals surface area contributed by atoms with Gasteiger partial charge in [0.15, 0.2) is 5.11 Å². The van der Waals surface area contributed by atoms with Gasteiger partial charge < -0.3 is 9.84 Å². The molecule has 27 heavy (non-hydrogen) atoms. The number of hydrogen-bond acceptors (Lipinski definition) is 6. The van der Waals surface area contributed by atoms with Crippen molar-refractivity contribution in [3.63, 3.8) is 0 Å². The smallest absolute Gasteiger partial charge is 0.238 e. The SMILES string of the molecule is CC1CCCCC1NC(=S)NNC(=O)CCc1nc(-c2cccnc2)no1. The van der Waals surface area contributed by atoms with Gasteiger partial charge in [0, 0.05) is 36.8 Å². The van der Waals surface area contributed by atoms with Gasteiger partial charge in [-0.05, 0) is 43.1 Å². The molecule has 2 unspecified atom stereocenters. The van der Waals surface area contributed by atoms with Gasteiger partial charge in [-0.2, -0.15) is 4.98 Å². The number of aryl methyl sites for hydroxylation is 1. The molecule has 1 fully saturated rings. The van der Waals surface area contributed by atoms with Crippen LogP contribution in [0.2, 0.25) is 0 Å². The molecule has 1 aliphatic rings. The molecule has 0 aliphatic heterocycles. The van der Waals surface area contributed by atoms with Crippen molar-refractivity contribution < 1.29 is 9.32 Å². The van der Waals surface area contributed by atoms with Gasteiger partial charge in [0.05, 0.1) is 0 Å². The Labute approximate surface area is 163 Å². The molecule has 3 N–H and O–H groups in total. The van der Waals surface area contributed by atoms with Gasteiger partial charge >= 0.3 is 0 Å². The van der Waals surface area contributed by atoms with Crippen LogP contribution in [-0.2, 0) is 11.2 Å². The molecule has 3 rings (SSSR count). The summed E-state index contributed by atoms with van der Waals surface area (Å²) in [5.74, 6) is 1.25. The molecule has 0 bridgehead atoms. The molecular weight excluding hydrogens is 364 g/mol. The average Bonchev–Trinajstić information content (AvgIpc) is 3.16. The fourth-order valence-corrected chi connectivity index (χ4v) is 3.32. The first-order chi connectivity index (χ1) is 13.1. The van der Waals surface area contributed by atoms with Crippen LogP contribution >= 0.6 is 12.2 Å². The zero-order valence-electron chi connectivity index (χ0n) is 15.3. The lowest BCUT2D eigenvalue weighted by atomic mass is 9.86. The highest BCUT2D eigenvalue weighted by atomic mass is 32.1. The number of rotatable bonds is 5. The number of nitrogens with zero attached hydrogens (tertiary/aromatic N) is 3. The maximum absolute atomic E-state index is 12.0. The third-order valence-electron chi connectivity index (χ3n) is 4.70. The van der Waals surface area contributed by atoms with Crippen LogP contribution in [0, 0.1) is 5.92 Å². The number of nitrogens with one attached hydrogen (secondary N) is 3. The van der Waals surface area contributed by atoms with Gasteiger partial charge in [-0.3, -0.25) is 20.6 Å². The Kier molecular flexibility index (Phi) is 6.69. The second kappa shape index (κ2) is 9.40. The number of amides is 1. The van der Waals surface area contributed by atoms with E-state index in [1.807, 2.05) is 6.07 Å². The van der Waals surface area contributed by atoms with Crippen molar-refractivity contribution in [3.05, 3.63) is 30.4 Å². The zero-order valence-corrected chi connectivity index (χ0v) is 16.1. The predicted molar refractivity (Wildman–Crippen MR) is 104 cm³/mol. The standard InChI is InChI=1S/C18H24N6O2S/c1-12-5-2-3-7-14(12)20-18(27)23-22-15(25)8-9-16-21-17(24-26-16)13-6-4-10-19-11-13/h4,6,10-12,14H,2-3,5,7-9H2,1H3,(H,22,25)(H2,20,23,27). The van der Waals surface area contributed by atoms with Gasteiger partial charge in [0.2, 0.25) is 17.6 Å². The normalized spacial score (nSPS) is 19.3. The van der Waals surface area contributed by atoms with Gasteiger partial charge in [-0.15, -0.1) is 0 Å². The molecule has 2 aromatic heterocycles. The summed E-state index contributed by atoms with van der Waals surface area (Å²) >= 11 is 5.26. The molecular formula is C18H24N6O2S. The molecule has 8 nitrogen and oxygen atoms in total. The summed E-state index contributed by atoms with van der Waals surface area (Å²) in [5.41, 5.74) is 6.14. The highest BCUT2D eigenvalue weighted by Crippen LogP contribution is 2.23. The summed E-state index contributed by atoms with van der Waals surface area (Å²) < 4.78 is 5.18. The van der Waals surface area contributed by atoms with Crippen molar-refractivity contribution in [2.75, 3.05) is 0 Å². The Balaban J connectivity index is 1.38. The second-order valence-electron chi connectivity index (χ2n) is 6.77. The third-order valence-corrected chi connectivity index (χ3v) is 4.92. The van der Waals surface area contributed by atoms with E-state index in [0.29, 0.717) is 35.2 Å². The molecule has 0 radical (unpaired) electrons. The fourth-order valence-electron chi connectivity index (χ4n) is 3.11.